The molecule has 1 heterocycles. The molecule has 0 unspecified atom stereocenters. The number of halogens is 1. The summed E-state index contributed by atoms with van der Waals surface area (Å²) in [5.41, 5.74) is 0.831. The van der Waals surface area contributed by atoms with Crippen LogP contribution in [0.3, 0.4) is 0 Å². The number of aromatic nitrogens is 1. The van der Waals surface area contributed by atoms with Gasteiger partial charge in [0, 0.05) is 24.0 Å². The number of carbonyl (C=O) groups excluding carboxylic acids is 1. The molecule has 0 atom stereocenters. The van der Waals surface area contributed by atoms with Crippen LogP contribution in [0.4, 0.5) is 5.69 Å². The molecule has 7 nitrogen and oxygen atoms in total. The number of nitro benzene ring substituents is 1. The molecule has 2 aromatic rings. The van der Waals surface area contributed by atoms with Crippen molar-refractivity contribution >= 4 is 29.0 Å². The van der Waals surface area contributed by atoms with E-state index in [1.54, 1.807) is 31.5 Å². The van der Waals surface area contributed by atoms with E-state index in [2.05, 4.69) is 10.1 Å². The van der Waals surface area contributed by atoms with Gasteiger partial charge in [0.15, 0.2) is 0 Å². The number of nitro groups is 1. The second-order valence-corrected chi connectivity index (χ2v) is 4.62. The highest BCUT2D eigenvalue weighted by Gasteiger charge is 2.17. The van der Waals surface area contributed by atoms with Crippen molar-refractivity contribution in [3.05, 3.63) is 69.0 Å². The average molecular weight is 320 g/mol. The number of nitrogens with zero attached hydrogens (tertiary/aromatic N) is 3. The fourth-order valence-electron chi connectivity index (χ4n) is 1.59. The summed E-state index contributed by atoms with van der Waals surface area (Å²) >= 11 is 5.68. The number of rotatable bonds is 4. The first kappa shape index (κ1) is 15.6. The zero-order chi connectivity index (χ0) is 16.1. The van der Waals surface area contributed by atoms with E-state index >= 15 is 0 Å². The van der Waals surface area contributed by atoms with Crippen molar-refractivity contribution in [2.24, 2.45) is 5.16 Å². The first-order valence-corrected chi connectivity index (χ1v) is 6.47. The lowest BCUT2D eigenvalue weighted by atomic mass is 10.2. The van der Waals surface area contributed by atoms with Gasteiger partial charge in [-0.3, -0.25) is 15.1 Å². The molecule has 0 saturated carbocycles. The zero-order valence-corrected chi connectivity index (χ0v) is 12.1. The summed E-state index contributed by atoms with van der Waals surface area (Å²) in [7, 11) is 0. The van der Waals surface area contributed by atoms with Gasteiger partial charge in [0.05, 0.1) is 16.2 Å². The maximum atomic E-state index is 11.9. The predicted octanol–water partition coefficient (Wildman–Crippen LogP) is 3.22. The van der Waals surface area contributed by atoms with Crippen molar-refractivity contribution < 1.29 is 14.6 Å². The first-order chi connectivity index (χ1) is 10.5. The topological polar surface area (TPSA) is 94.7 Å². The van der Waals surface area contributed by atoms with Crippen LogP contribution in [0.25, 0.3) is 0 Å². The van der Waals surface area contributed by atoms with Crippen LogP contribution < -0.4 is 0 Å². The Morgan fingerprint density at radius 2 is 1.95 bits per heavy atom. The summed E-state index contributed by atoms with van der Waals surface area (Å²) in [6.45, 7) is 1.66. The van der Waals surface area contributed by atoms with Gasteiger partial charge in [-0.1, -0.05) is 16.8 Å². The number of pyridine rings is 1. The number of oxime groups is 1. The SMILES string of the molecule is C/C(=N\OC(=O)c1ccc(Cl)c([N+](=O)[O-])c1)c1ccncc1. The Morgan fingerprint density at radius 3 is 2.59 bits per heavy atom. The molecular formula is C14H10ClN3O4. The molecule has 22 heavy (non-hydrogen) atoms. The number of hydrogen-bond acceptors (Lipinski definition) is 6. The van der Waals surface area contributed by atoms with Gasteiger partial charge in [-0.2, -0.15) is 0 Å². The third kappa shape index (κ3) is 3.64. The van der Waals surface area contributed by atoms with Crippen molar-refractivity contribution in [3.63, 3.8) is 0 Å². The van der Waals surface area contributed by atoms with Gasteiger partial charge in [-0.15, -0.1) is 0 Å². The lowest BCUT2D eigenvalue weighted by Crippen LogP contribution is -2.05. The Hall–Kier alpha value is -2.80. The second kappa shape index (κ2) is 6.77. The molecule has 0 aliphatic rings. The Bertz CT molecular complexity index is 747. The Morgan fingerprint density at radius 1 is 1.27 bits per heavy atom. The largest absolute Gasteiger partial charge is 0.365 e. The van der Waals surface area contributed by atoms with Crippen LogP contribution >= 0.6 is 11.6 Å². The van der Waals surface area contributed by atoms with E-state index in [0.29, 0.717) is 5.71 Å². The van der Waals surface area contributed by atoms with Crippen LogP contribution in [0.2, 0.25) is 5.02 Å². The van der Waals surface area contributed by atoms with Crippen LogP contribution in [0.5, 0.6) is 0 Å². The molecule has 0 fully saturated rings. The number of hydrogen-bond donors (Lipinski definition) is 0. The molecule has 0 aliphatic carbocycles. The quantitative estimate of drug-likeness (QED) is 0.373. The van der Waals surface area contributed by atoms with E-state index in [-0.39, 0.29) is 16.3 Å². The summed E-state index contributed by atoms with van der Waals surface area (Å²) < 4.78 is 0. The van der Waals surface area contributed by atoms with Crippen LogP contribution in [-0.4, -0.2) is 21.6 Å². The second-order valence-electron chi connectivity index (χ2n) is 4.21. The molecule has 0 saturated heterocycles. The molecule has 0 aliphatic heterocycles. The van der Waals surface area contributed by atoms with E-state index in [4.69, 9.17) is 16.4 Å². The maximum absolute atomic E-state index is 11.9. The smallest absolute Gasteiger partial charge is 0.313 e. The summed E-state index contributed by atoms with van der Waals surface area (Å²) in [6, 6.07) is 7.05. The lowest BCUT2D eigenvalue weighted by Gasteiger charge is -2.02. The van der Waals surface area contributed by atoms with Gasteiger partial charge < -0.3 is 4.84 Å². The highest BCUT2D eigenvalue weighted by atomic mass is 35.5. The van der Waals surface area contributed by atoms with E-state index in [0.717, 1.165) is 11.6 Å². The van der Waals surface area contributed by atoms with Gasteiger partial charge >= 0.3 is 5.97 Å². The fourth-order valence-corrected chi connectivity index (χ4v) is 1.77. The third-order valence-corrected chi connectivity index (χ3v) is 3.06. The minimum Gasteiger partial charge on any atom is -0.313 e. The van der Waals surface area contributed by atoms with Crippen molar-refractivity contribution in [2.45, 2.75) is 6.92 Å². The Kier molecular flexibility index (Phi) is 4.80. The Labute approximate surface area is 130 Å². The van der Waals surface area contributed by atoms with Crippen molar-refractivity contribution in [1.29, 1.82) is 0 Å². The van der Waals surface area contributed by atoms with Gasteiger partial charge in [-0.05, 0) is 31.2 Å². The van der Waals surface area contributed by atoms with E-state index < -0.39 is 10.9 Å². The normalized spacial score (nSPS) is 11.1. The Balaban J connectivity index is 2.16. The van der Waals surface area contributed by atoms with Crippen LogP contribution in [0, 0.1) is 10.1 Å². The summed E-state index contributed by atoms with van der Waals surface area (Å²) in [4.78, 5) is 30.6. The summed E-state index contributed by atoms with van der Waals surface area (Å²) in [5, 5.41) is 14.4. The molecule has 8 heteroatoms. The van der Waals surface area contributed by atoms with Crippen molar-refractivity contribution in [2.75, 3.05) is 0 Å². The monoisotopic (exact) mass is 319 g/mol. The standard InChI is InChI=1S/C14H10ClN3O4/c1-9(10-4-6-16-7-5-10)17-22-14(19)11-2-3-12(15)13(8-11)18(20)21/h2-8H,1H3/b17-9+. The van der Waals surface area contributed by atoms with Crippen LogP contribution in [0.15, 0.2) is 47.9 Å². The molecular weight excluding hydrogens is 310 g/mol. The molecule has 2 rings (SSSR count). The molecule has 112 valence electrons. The highest BCUT2D eigenvalue weighted by Crippen LogP contribution is 2.25. The van der Waals surface area contributed by atoms with Crippen LogP contribution in [-0.2, 0) is 4.84 Å². The molecule has 0 spiro atoms. The van der Waals surface area contributed by atoms with Gasteiger partial charge in [0.25, 0.3) is 5.69 Å². The van der Waals surface area contributed by atoms with E-state index in [9.17, 15) is 14.9 Å². The third-order valence-electron chi connectivity index (χ3n) is 2.74. The lowest BCUT2D eigenvalue weighted by molar-refractivity contribution is -0.384. The van der Waals surface area contributed by atoms with Gasteiger partial charge in [0.2, 0.25) is 0 Å². The molecule has 0 bridgehead atoms. The zero-order valence-electron chi connectivity index (χ0n) is 11.4. The van der Waals surface area contributed by atoms with E-state index in [1.165, 1.54) is 12.1 Å². The van der Waals surface area contributed by atoms with Crippen molar-refractivity contribution in [1.82, 2.24) is 4.98 Å². The highest BCUT2D eigenvalue weighted by molar-refractivity contribution is 6.32. The number of carbonyl (C=O) groups is 1. The molecule has 1 aromatic heterocycles. The van der Waals surface area contributed by atoms with Gasteiger partial charge in [-0.25, -0.2) is 4.79 Å². The van der Waals surface area contributed by atoms with Crippen LogP contribution in [0.1, 0.15) is 22.8 Å². The summed E-state index contributed by atoms with van der Waals surface area (Å²) in [6.07, 6.45) is 3.16. The van der Waals surface area contributed by atoms with E-state index in [1.807, 2.05) is 0 Å². The fraction of sp³-hybridized carbons (Fsp3) is 0.0714. The molecule has 0 radical (unpaired) electrons. The minimum absolute atomic E-state index is 0.0117. The minimum atomic E-state index is -0.812. The van der Waals surface area contributed by atoms with Crippen molar-refractivity contribution in [3.8, 4) is 0 Å². The maximum Gasteiger partial charge on any atom is 0.365 e. The number of benzene rings is 1. The predicted molar refractivity (Wildman–Crippen MR) is 80.0 cm³/mol. The molecule has 0 N–H and O–H groups in total. The summed E-state index contributed by atoms with van der Waals surface area (Å²) in [5.74, 6) is -0.812. The molecule has 1 aromatic carbocycles. The molecule has 0 amide bonds. The van der Waals surface area contributed by atoms with Gasteiger partial charge in [0.1, 0.15) is 5.02 Å². The first-order valence-electron chi connectivity index (χ1n) is 6.09. The average Bonchev–Trinajstić information content (AvgIpc) is 2.53.